The summed E-state index contributed by atoms with van der Waals surface area (Å²) < 4.78 is 11.2. The van der Waals surface area contributed by atoms with E-state index in [-0.39, 0.29) is 30.6 Å². The molecule has 1 N–H and O–H groups in total. The van der Waals surface area contributed by atoms with Gasteiger partial charge in [0, 0.05) is 42.7 Å². The lowest BCUT2D eigenvalue weighted by Crippen LogP contribution is -2.51. The molecule has 0 radical (unpaired) electrons. The molecule has 0 fully saturated rings. The quantitative estimate of drug-likeness (QED) is 0.474. The molecule has 1 aliphatic heterocycles. The first-order chi connectivity index (χ1) is 16.3. The number of benzene rings is 1. The first kappa shape index (κ1) is 26.3. The molecule has 2 heterocycles. The fourth-order valence-corrected chi connectivity index (χ4v) is 5.05. The number of carbonyl (C=O) groups excluding carboxylic acids is 2. The molecule has 7 nitrogen and oxygen atoms in total. The molecule has 0 unspecified atom stereocenters. The number of urea groups is 1. The van der Waals surface area contributed by atoms with Gasteiger partial charge in [0.2, 0.25) is 5.91 Å². The minimum atomic E-state index is -0.239. The number of hydrogen-bond donors (Lipinski definition) is 1. The number of thiophene rings is 1. The van der Waals surface area contributed by atoms with E-state index in [1.807, 2.05) is 43.9 Å². The van der Waals surface area contributed by atoms with Crippen molar-refractivity contribution in [3.8, 4) is 5.75 Å². The maximum atomic E-state index is 13.5. The van der Waals surface area contributed by atoms with E-state index in [0.717, 1.165) is 17.5 Å². The van der Waals surface area contributed by atoms with Gasteiger partial charge in [-0.05, 0) is 74.4 Å². The molecule has 0 bridgehead atoms. The summed E-state index contributed by atoms with van der Waals surface area (Å²) in [4.78, 5) is 30.9. The van der Waals surface area contributed by atoms with Crippen molar-refractivity contribution in [2.75, 3.05) is 40.0 Å². The number of fused-ring (bicyclic) bond motifs is 1. The van der Waals surface area contributed by atoms with Crippen LogP contribution in [0.3, 0.4) is 0 Å². The molecule has 1 atom stereocenters. The van der Waals surface area contributed by atoms with Gasteiger partial charge < -0.3 is 24.6 Å². The molecule has 1 aromatic heterocycles. The van der Waals surface area contributed by atoms with Crippen molar-refractivity contribution in [1.29, 1.82) is 0 Å². The van der Waals surface area contributed by atoms with Crippen LogP contribution in [0, 0.1) is 6.92 Å². The summed E-state index contributed by atoms with van der Waals surface area (Å²) in [6.45, 7) is 7.65. The first-order valence-electron chi connectivity index (χ1n) is 11.6. The maximum Gasteiger partial charge on any atom is 0.318 e. The number of aryl methyl sites for hydroxylation is 1. The summed E-state index contributed by atoms with van der Waals surface area (Å²) in [5, 5.41) is 5.65. The zero-order valence-electron chi connectivity index (χ0n) is 20.3. The third kappa shape index (κ3) is 6.87. The van der Waals surface area contributed by atoms with E-state index in [1.165, 1.54) is 4.88 Å². The highest BCUT2D eigenvalue weighted by Crippen LogP contribution is 2.34. The molecule has 0 saturated carbocycles. The summed E-state index contributed by atoms with van der Waals surface area (Å²) in [5.41, 5.74) is 2.06. The fraction of sp³-hybridized carbons (Fsp3) is 0.520. The van der Waals surface area contributed by atoms with Crippen LogP contribution in [-0.4, -0.2) is 67.7 Å². The molecule has 0 spiro atoms. The Kier molecular flexibility index (Phi) is 9.62. The van der Waals surface area contributed by atoms with Crippen LogP contribution in [0.1, 0.15) is 42.3 Å². The molecular weight excluding hydrogens is 474 g/mol. The van der Waals surface area contributed by atoms with E-state index < -0.39 is 0 Å². The van der Waals surface area contributed by atoms with Gasteiger partial charge in [0.1, 0.15) is 18.9 Å². The van der Waals surface area contributed by atoms with Crippen LogP contribution in [-0.2, 0) is 16.0 Å². The second-order valence-electron chi connectivity index (χ2n) is 8.75. The molecule has 186 valence electrons. The molecule has 1 aromatic carbocycles. The molecule has 3 rings (SSSR count). The van der Waals surface area contributed by atoms with Gasteiger partial charge in [-0.25, -0.2) is 4.79 Å². The highest BCUT2D eigenvalue weighted by Gasteiger charge is 2.33. The Morgan fingerprint density at radius 3 is 2.82 bits per heavy atom. The van der Waals surface area contributed by atoms with Crippen LogP contribution >= 0.6 is 22.9 Å². The number of hydrogen-bond acceptors (Lipinski definition) is 5. The third-order valence-electron chi connectivity index (χ3n) is 5.75. The Labute approximate surface area is 211 Å². The van der Waals surface area contributed by atoms with Crippen molar-refractivity contribution in [2.45, 2.75) is 45.7 Å². The average Bonchev–Trinajstić information content (AvgIpc) is 3.27. The lowest BCUT2D eigenvalue weighted by atomic mass is 10.0. The predicted octanol–water partition coefficient (Wildman–Crippen LogP) is 4.67. The highest BCUT2D eigenvalue weighted by atomic mass is 35.5. The maximum absolute atomic E-state index is 13.5. The summed E-state index contributed by atoms with van der Waals surface area (Å²) in [5.74, 6) is 0.628. The van der Waals surface area contributed by atoms with Crippen LogP contribution in [0.25, 0.3) is 0 Å². The van der Waals surface area contributed by atoms with Gasteiger partial charge in [-0.15, -0.1) is 11.3 Å². The largest absolute Gasteiger partial charge is 0.491 e. The van der Waals surface area contributed by atoms with Gasteiger partial charge in [0.25, 0.3) is 0 Å². The first-order valence-corrected chi connectivity index (χ1v) is 12.8. The number of halogens is 1. The van der Waals surface area contributed by atoms with Crippen molar-refractivity contribution >= 4 is 34.9 Å². The van der Waals surface area contributed by atoms with E-state index in [0.29, 0.717) is 43.5 Å². The molecular formula is C25H34ClN3O4S. The second kappa shape index (κ2) is 12.4. The molecule has 3 amide bonds. The van der Waals surface area contributed by atoms with Gasteiger partial charge in [-0.3, -0.25) is 4.79 Å². The Bertz CT molecular complexity index is 981. The lowest BCUT2D eigenvalue weighted by molar-refractivity contribution is -0.135. The van der Waals surface area contributed by atoms with Crippen molar-refractivity contribution in [2.24, 2.45) is 0 Å². The van der Waals surface area contributed by atoms with Crippen molar-refractivity contribution in [1.82, 2.24) is 15.1 Å². The van der Waals surface area contributed by atoms with Crippen LogP contribution in [0.4, 0.5) is 4.79 Å². The number of ether oxygens (including phenoxy) is 2. The van der Waals surface area contributed by atoms with Crippen LogP contribution in [0.15, 0.2) is 29.6 Å². The minimum absolute atomic E-state index is 0.0122. The van der Waals surface area contributed by atoms with Crippen molar-refractivity contribution < 1.29 is 19.1 Å². The zero-order valence-corrected chi connectivity index (χ0v) is 21.9. The molecule has 9 heteroatoms. The van der Waals surface area contributed by atoms with E-state index in [9.17, 15) is 9.59 Å². The van der Waals surface area contributed by atoms with Gasteiger partial charge in [0.15, 0.2) is 0 Å². The zero-order chi connectivity index (χ0) is 24.7. The monoisotopic (exact) mass is 507 g/mol. The minimum Gasteiger partial charge on any atom is -0.491 e. The second-order valence-corrected chi connectivity index (χ2v) is 10.2. The number of methoxy groups -OCH3 is 1. The average molecular weight is 508 g/mol. The van der Waals surface area contributed by atoms with Crippen LogP contribution < -0.4 is 10.1 Å². The highest BCUT2D eigenvalue weighted by molar-refractivity contribution is 7.10. The Balaban J connectivity index is 1.75. The van der Waals surface area contributed by atoms with Gasteiger partial charge >= 0.3 is 6.03 Å². The lowest BCUT2D eigenvalue weighted by Gasteiger charge is -2.37. The fourth-order valence-electron chi connectivity index (χ4n) is 4.00. The predicted molar refractivity (Wildman–Crippen MR) is 136 cm³/mol. The van der Waals surface area contributed by atoms with E-state index in [4.69, 9.17) is 21.1 Å². The van der Waals surface area contributed by atoms with Crippen LogP contribution in [0.5, 0.6) is 5.75 Å². The molecule has 0 saturated heterocycles. The molecule has 1 aliphatic rings. The van der Waals surface area contributed by atoms with E-state index in [2.05, 4.69) is 16.8 Å². The Morgan fingerprint density at radius 2 is 2.12 bits per heavy atom. The standard InChI is InChI=1S/C25H34ClN3O4S/c1-17(2)27-25(31)28(10-5-12-32-4)15-24(30)29-11-8-23-20(9-13-34-23)22(29)16-33-19-6-7-21(26)18(3)14-19/h6-7,9,13-14,17,22H,5,8,10-12,15-16H2,1-4H3,(H,27,31)/t22-/m1/s1. The van der Waals surface area contributed by atoms with Gasteiger partial charge in [-0.2, -0.15) is 0 Å². The molecule has 34 heavy (non-hydrogen) atoms. The van der Waals surface area contributed by atoms with Gasteiger partial charge in [0.05, 0.1) is 6.04 Å². The number of amides is 3. The number of rotatable bonds is 10. The number of carbonyl (C=O) groups is 2. The SMILES string of the molecule is COCCCN(CC(=O)N1CCc2sccc2[C@H]1COc1ccc(Cl)c(C)c1)C(=O)NC(C)C. The third-order valence-corrected chi connectivity index (χ3v) is 7.18. The normalized spacial score (nSPS) is 15.2. The number of nitrogens with one attached hydrogen (secondary N) is 1. The smallest absolute Gasteiger partial charge is 0.318 e. The van der Waals surface area contributed by atoms with Crippen molar-refractivity contribution in [3.63, 3.8) is 0 Å². The molecule has 2 aromatic rings. The van der Waals surface area contributed by atoms with E-state index >= 15 is 0 Å². The van der Waals surface area contributed by atoms with E-state index in [1.54, 1.807) is 23.3 Å². The summed E-state index contributed by atoms with van der Waals surface area (Å²) in [7, 11) is 1.63. The summed E-state index contributed by atoms with van der Waals surface area (Å²) in [6, 6.07) is 7.16. The topological polar surface area (TPSA) is 71.1 Å². The molecule has 0 aliphatic carbocycles. The van der Waals surface area contributed by atoms with Crippen LogP contribution in [0.2, 0.25) is 5.02 Å². The Morgan fingerprint density at radius 1 is 1.32 bits per heavy atom. The Hall–Kier alpha value is -2.29. The van der Waals surface area contributed by atoms with Gasteiger partial charge in [-0.1, -0.05) is 11.6 Å². The summed E-state index contributed by atoms with van der Waals surface area (Å²) >= 11 is 7.85. The van der Waals surface area contributed by atoms with Crippen molar-refractivity contribution in [3.05, 3.63) is 50.7 Å². The summed E-state index contributed by atoms with van der Waals surface area (Å²) in [6.07, 6.45) is 1.46. The number of nitrogens with zero attached hydrogens (tertiary/aromatic N) is 2.